The molecule has 56 heavy (non-hydrogen) atoms. The maximum atomic E-state index is 5.25. The molecule has 0 unspecified atom stereocenters. The van der Waals surface area contributed by atoms with Gasteiger partial charge >= 0.3 is 0 Å². The van der Waals surface area contributed by atoms with Crippen molar-refractivity contribution in [2.45, 2.75) is 0 Å². The quantitative estimate of drug-likeness (QED) is 0.182. The largest absolute Gasteiger partial charge is 0.308 e. The molecule has 0 saturated heterocycles. The topological polar surface area (TPSA) is 34.6 Å². The Labute approximate surface area is 320 Å². The smallest absolute Gasteiger partial charge is 0.160 e. The van der Waals surface area contributed by atoms with Gasteiger partial charge in [-0.25, -0.2) is 9.97 Å². The van der Waals surface area contributed by atoms with Crippen molar-refractivity contribution in [3.8, 4) is 45.0 Å². The third kappa shape index (κ3) is 4.02. The predicted molar refractivity (Wildman–Crippen MR) is 233 cm³/mol. The SMILES string of the molecule is c1ccc(-c2cc(-c3ccccc3)nc(-c3cc4c5ccccc5n5c6ccc(-c7ccc8c(c7)c7cccc9c%10ccccc%10n8c97)cc6c(c3)c45)n2)cc1. The highest BCUT2D eigenvalue weighted by Crippen LogP contribution is 2.44. The van der Waals surface area contributed by atoms with E-state index in [2.05, 4.69) is 179 Å². The number of hydrogen-bond donors (Lipinski definition) is 0. The minimum absolute atomic E-state index is 0.717. The van der Waals surface area contributed by atoms with Gasteiger partial charge in [-0.3, -0.25) is 0 Å². The van der Waals surface area contributed by atoms with Gasteiger partial charge in [0.05, 0.1) is 44.5 Å². The van der Waals surface area contributed by atoms with E-state index in [9.17, 15) is 0 Å². The molecule has 8 aromatic carbocycles. The van der Waals surface area contributed by atoms with Crippen LogP contribution in [0.3, 0.4) is 0 Å². The molecule has 258 valence electrons. The normalized spacial score (nSPS) is 12.3. The summed E-state index contributed by atoms with van der Waals surface area (Å²) in [6, 6.07) is 65.7. The van der Waals surface area contributed by atoms with Crippen LogP contribution in [0.4, 0.5) is 0 Å². The summed E-state index contributed by atoms with van der Waals surface area (Å²) in [7, 11) is 0. The molecule has 0 spiro atoms. The second kappa shape index (κ2) is 11.0. The zero-order valence-electron chi connectivity index (χ0n) is 30.1. The fourth-order valence-electron chi connectivity index (χ4n) is 9.51. The fourth-order valence-corrected chi connectivity index (χ4v) is 9.51. The summed E-state index contributed by atoms with van der Waals surface area (Å²) in [5, 5.41) is 10.0. The van der Waals surface area contributed by atoms with Gasteiger partial charge in [-0.05, 0) is 65.7 Å². The second-order valence-corrected chi connectivity index (χ2v) is 15.0. The Morgan fingerprint density at radius 1 is 0.268 bits per heavy atom. The van der Waals surface area contributed by atoms with Crippen molar-refractivity contribution in [3.63, 3.8) is 0 Å². The Hall–Kier alpha value is -7.56. The molecule has 0 saturated carbocycles. The summed E-state index contributed by atoms with van der Waals surface area (Å²) in [4.78, 5) is 10.5. The first-order valence-electron chi connectivity index (χ1n) is 19.2. The predicted octanol–water partition coefficient (Wildman–Crippen LogP) is 13.4. The molecule has 0 fully saturated rings. The highest BCUT2D eigenvalue weighted by atomic mass is 14.9. The number of hydrogen-bond acceptors (Lipinski definition) is 2. The highest BCUT2D eigenvalue weighted by molar-refractivity contribution is 6.26. The fraction of sp³-hybridized carbons (Fsp3) is 0. The lowest BCUT2D eigenvalue weighted by atomic mass is 9.98. The third-order valence-electron chi connectivity index (χ3n) is 12.0. The van der Waals surface area contributed by atoms with Crippen molar-refractivity contribution in [2.75, 3.05) is 0 Å². The summed E-state index contributed by atoms with van der Waals surface area (Å²) in [5.41, 5.74) is 14.8. The Kier molecular flexibility index (Phi) is 5.86. The molecular formula is C52H30N4. The van der Waals surface area contributed by atoms with Gasteiger partial charge in [0.15, 0.2) is 5.82 Å². The van der Waals surface area contributed by atoms with Crippen LogP contribution in [-0.2, 0) is 0 Å². The molecule has 4 nitrogen and oxygen atoms in total. The number of aromatic nitrogens is 4. The maximum absolute atomic E-state index is 5.25. The average Bonchev–Trinajstić information content (AvgIpc) is 4.00. The van der Waals surface area contributed by atoms with E-state index < -0.39 is 0 Å². The summed E-state index contributed by atoms with van der Waals surface area (Å²) < 4.78 is 4.89. The van der Waals surface area contributed by atoms with Crippen molar-refractivity contribution >= 4 is 76.2 Å². The van der Waals surface area contributed by atoms with Crippen LogP contribution in [0.5, 0.6) is 0 Å². The van der Waals surface area contributed by atoms with Gasteiger partial charge < -0.3 is 8.80 Å². The molecule has 13 aromatic rings. The van der Waals surface area contributed by atoms with Crippen LogP contribution in [0.1, 0.15) is 0 Å². The van der Waals surface area contributed by atoms with E-state index in [1.807, 2.05) is 12.1 Å². The van der Waals surface area contributed by atoms with Crippen LogP contribution in [0.15, 0.2) is 182 Å². The van der Waals surface area contributed by atoms with Crippen molar-refractivity contribution in [1.29, 1.82) is 0 Å². The average molecular weight is 711 g/mol. The Bertz CT molecular complexity index is 3630. The lowest BCUT2D eigenvalue weighted by molar-refractivity contribution is 1.19. The van der Waals surface area contributed by atoms with E-state index in [-0.39, 0.29) is 0 Å². The number of fused-ring (bicyclic) bond motifs is 12. The molecule has 13 rings (SSSR count). The van der Waals surface area contributed by atoms with Crippen molar-refractivity contribution in [3.05, 3.63) is 182 Å². The molecule has 0 aliphatic carbocycles. The summed E-state index contributed by atoms with van der Waals surface area (Å²) in [6.45, 7) is 0. The lowest BCUT2D eigenvalue weighted by Gasteiger charge is -2.10. The van der Waals surface area contributed by atoms with Crippen molar-refractivity contribution in [1.82, 2.24) is 18.8 Å². The van der Waals surface area contributed by atoms with E-state index in [0.717, 1.165) is 28.1 Å². The van der Waals surface area contributed by atoms with Gasteiger partial charge in [-0.2, -0.15) is 0 Å². The molecule has 4 heteroatoms. The number of nitrogens with zero attached hydrogens (tertiary/aromatic N) is 4. The lowest BCUT2D eigenvalue weighted by Crippen LogP contribution is -1.96. The first-order valence-corrected chi connectivity index (χ1v) is 19.2. The maximum Gasteiger partial charge on any atom is 0.160 e. The van der Waals surface area contributed by atoms with Crippen LogP contribution in [0.2, 0.25) is 0 Å². The Morgan fingerprint density at radius 2 is 0.679 bits per heavy atom. The molecule has 5 aromatic heterocycles. The Morgan fingerprint density at radius 3 is 1.27 bits per heavy atom. The van der Waals surface area contributed by atoms with Gasteiger partial charge in [0.1, 0.15) is 0 Å². The molecule has 0 aliphatic heterocycles. The van der Waals surface area contributed by atoms with Crippen LogP contribution in [-0.4, -0.2) is 18.8 Å². The van der Waals surface area contributed by atoms with Crippen LogP contribution in [0, 0.1) is 0 Å². The molecule has 0 atom stereocenters. The molecule has 0 radical (unpaired) electrons. The van der Waals surface area contributed by atoms with Gasteiger partial charge in [-0.1, -0.05) is 127 Å². The van der Waals surface area contributed by atoms with Crippen LogP contribution >= 0.6 is 0 Å². The van der Waals surface area contributed by atoms with Crippen molar-refractivity contribution < 1.29 is 0 Å². The highest BCUT2D eigenvalue weighted by Gasteiger charge is 2.22. The number of benzene rings is 8. The number of rotatable bonds is 4. The minimum Gasteiger partial charge on any atom is -0.308 e. The van der Waals surface area contributed by atoms with Gasteiger partial charge in [0.25, 0.3) is 0 Å². The number of para-hydroxylation sites is 3. The second-order valence-electron chi connectivity index (χ2n) is 15.0. The zero-order valence-corrected chi connectivity index (χ0v) is 30.1. The van der Waals surface area contributed by atoms with Crippen LogP contribution < -0.4 is 0 Å². The summed E-state index contributed by atoms with van der Waals surface area (Å²) in [6.07, 6.45) is 0. The van der Waals surface area contributed by atoms with Gasteiger partial charge in [0, 0.05) is 59.8 Å². The van der Waals surface area contributed by atoms with Crippen molar-refractivity contribution in [2.24, 2.45) is 0 Å². The summed E-state index contributed by atoms with van der Waals surface area (Å²) >= 11 is 0. The molecule has 0 bridgehead atoms. The first-order chi connectivity index (χ1) is 27.8. The molecule has 0 N–H and O–H groups in total. The van der Waals surface area contributed by atoms with E-state index in [0.29, 0.717) is 5.82 Å². The molecule has 0 aliphatic rings. The van der Waals surface area contributed by atoms with E-state index in [4.69, 9.17) is 9.97 Å². The standard InChI is InChI=1S/C52H30N4/c1-3-12-31(13-4-1)44-30-45(32-14-5-2-6-15-32)54-52(53-44)35-28-42-37-17-8-10-21-47(37)56-49-25-23-34(27-41(49)43(29-35)51(42)56)33-22-24-48-40(26-33)39-19-11-18-38-36-16-7-9-20-46(36)55(48)50(38)39/h1-30H. The van der Waals surface area contributed by atoms with Gasteiger partial charge in [0.2, 0.25) is 0 Å². The Balaban J connectivity index is 1.06. The monoisotopic (exact) mass is 710 g/mol. The van der Waals surface area contributed by atoms with E-state index >= 15 is 0 Å². The van der Waals surface area contributed by atoms with E-state index in [1.165, 1.54) is 87.3 Å². The van der Waals surface area contributed by atoms with Gasteiger partial charge in [-0.15, -0.1) is 0 Å². The molecule has 5 heterocycles. The van der Waals surface area contributed by atoms with E-state index in [1.54, 1.807) is 0 Å². The molecule has 0 amide bonds. The summed E-state index contributed by atoms with van der Waals surface area (Å²) in [5.74, 6) is 0.717. The minimum atomic E-state index is 0.717. The third-order valence-corrected chi connectivity index (χ3v) is 12.0. The molecular weight excluding hydrogens is 681 g/mol. The zero-order chi connectivity index (χ0) is 36.5. The first kappa shape index (κ1) is 29.8. The van der Waals surface area contributed by atoms with Crippen LogP contribution in [0.25, 0.3) is 121 Å².